The Labute approximate surface area is 84.2 Å². The summed E-state index contributed by atoms with van der Waals surface area (Å²) in [7, 11) is 0. The molecule has 1 nitrogen and oxygen atoms in total. The van der Waals surface area contributed by atoms with Crippen LogP contribution in [0.2, 0.25) is 0 Å². The molecule has 3 heteroatoms. The van der Waals surface area contributed by atoms with Crippen molar-refractivity contribution in [3.63, 3.8) is 0 Å². The predicted octanol–water partition coefficient (Wildman–Crippen LogP) is 3.66. The maximum absolute atomic E-state index is 11.4. The standard InChI is InChI=1S/C9H9BrOS/c1-2-3-4-9(11)7-5-12-6-8(7)10/h3-6H,2H2,1H3/b4-3+. The molecule has 0 aliphatic carbocycles. The molecule has 12 heavy (non-hydrogen) atoms. The van der Waals surface area contributed by atoms with Crippen LogP contribution in [0, 0.1) is 0 Å². The lowest BCUT2D eigenvalue weighted by Crippen LogP contribution is -1.91. The van der Waals surface area contributed by atoms with Gasteiger partial charge in [-0.15, -0.1) is 0 Å². The van der Waals surface area contributed by atoms with Crippen LogP contribution in [-0.4, -0.2) is 5.78 Å². The lowest BCUT2D eigenvalue weighted by Gasteiger charge is -1.89. The third kappa shape index (κ3) is 2.29. The number of carbonyl (C=O) groups excluding carboxylic acids is 1. The molecule has 0 atom stereocenters. The monoisotopic (exact) mass is 244 g/mol. The molecule has 0 bridgehead atoms. The molecule has 0 aliphatic heterocycles. The third-order valence-electron chi connectivity index (χ3n) is 1.39. The number of carbonyl (C=O) groups is 1. The van der Waals surface area contributed by atoms with Crippen LogP contribution in [0.3, 0.4) is 0 Å². The molecule has 1 aromatic rings. The Morgan fingerprint density at radius 2 is 2.42 bits per heavy atom. The van der Waals surface area contributed by atoms with E-state index >= 15 is 0 Å². The summed E-state index contributed by atoms with van der Waals surface area (Å²) in [5, 5.41) is 3.76. The minimum Gasteiger partial charge on any atom is -0.289 e. The predicted molar refractivity (Wildman–Crippen MR) is 55.8 cm³/mol. The average Bonchev–Trinajstić information content (AvgIpc) is 2.47. The van der Waals surface area contributed by atoms with E-state index in [9.17, 15) is 4.79 Å². The van der Waals surface area contributed by atoms with Gasteiger partial charge in [0.2, 0.25) is 0 Å². The number of thiophene rings is 1. The highest BCUT2D eigenvalue weighted by Crippen LogP contribution is 2.21. The smallest absolute Gasteiger partial charge is 0.187 e. The van der Waals surface area contributed by atoms with Crippen LogP contribution < -0.4 is 0 Å². The number of rotatable bonds is 3. The van der Waals surface area contributed by atoms with Crippen molar-refractivity contribution in [1.82, 2.24) is 0 Å². The van der Waals surface area contributed by atoms with Crippen molar-refractivity contribution in [3.05, 3.63) is 32.9 Å². The zero-order valence-corrected chi connectivity index (χ0v) is 9.11. The molecule has 1 heterocycles. The van der Waals surface area contributed by atoms with Crippen LogP contribution in [0.5, 0.6) is 0 Å². The second-order valence-corrected chi connectivity index (χ2v) is 3.91. The van der Waals surface area contributed by atoms with Gasteiger partial charge >= 0.3 is 0 Å². The molecule has 0 spiro atoms. The van der Waals surface area contributed by atoms with Crippen molar-refractivity contribution >= 4 is 33.0 Å². The first-order chi connectivity index (χ1) is 5.75. The van der Waals surface area contributed by atoms with E-state index in [2.05, 4.69) is 15.9 Å². The summed E-state index contributed by atoms with van der Waals surface area (Å²) in [6.07, 6.45) is 4.38. The van der Waals surface area contributed by atoms with E-state index in [-0.39, 0.29) is 5.78 Å². The Hall–Kier alpha value is -0.410. The van der Waals surface area contributed by atoms with E-state index in [1.165, 1.54) is 11.3 Å². The second kappa shape index (κ2) is 4.58. The topological polar surface area (TPSA) is 17.1 Å². The van der Waals surface area contributed by atoms with E-state index in [0.717, 1.165) is 16.5 Å². The van der Waals surface area contributed by atoms with Crippen molar-refractivity contribution in [2.45, 2.75) is 13.3 Å². The van der Waals surface area contributed by atoms with Gasteiger partial charge < -0.3 is 0 Å². The zero-order chi connectivity index (χ0) is 8.97. The van der Waals surface area contributed by atoms with Crippen molar-refractivity contribution in [3.8, 4) is 0 Å². The summed E-state index contributed by atoms with van der Waals surface area (Å²) in [6.45, 7) is 2.01. The van der Waals surface area contributed by atoms with Crippen LogP contribution in [0.4, 0.5) is 0 Å². The third-order valence-corrected chi connectivity index (χ3v) is 3.09. The van der Waals surface area contributed by atoms with Gasteiger partial charge in [-0.2, -0.15) is 11.3 Å². The molecular formula is C9H9BrOS. The molecule has 0 saturated heterocycles. The van der Waals surface area contributed by atoms with Crippen LogP contribution in [-0.2, 0) is 0 Å². The van der Waals surface area contributed by atoms with Gasteiger partial charge in [-0.25, -0.2) is 0 Å². The molecule has 1 aromatic heterocycles. The molecule has 1 rings (SSSR count). The van der Waals surface area contributed by atoms with E-state index in [1.54, 1.807) is 6.08 Å². The SMILES string of the molecule is CC/C=C/C(=O)c1cscc1Br. The highest BCUT2D eigenvalue weighted by molar-refractivity contribution is 9.10. The van der Waals surface area contributed by atoms with Crippen molar-refractivity contribution in [1.29, 1.82) is 0 Å². The van der Waals surface area contributed by atoms with E-state index in [1.807, 2.05) is 23.8 Å². The van der Waals surface area contributed by atoms with Crippen LogP contribution >= 0.6 is 27.3 Å². The highest BCUT2D eigenvalue weighted by atomic mass is 79.9. The van der Waals surface area contributed by atoms with E-state index in [0.29, 0.717) is 0 Å². The van der Waals surface area contributed by atoms with Crippen molar-refractivity contribution in [2.75, 3.05) is 0 Å². The summed E-state index contributed by atoms with van der Waals surface area (Å²) >= 11 is 4.84. The summed E-state index contributed by atoms with van der Waals surface area (Å²) in [5.74, 6) is 0.0741. The number of halogens is 1. The minimum atomic E-state index is 0.0741. The average molecular weight is 245 g/mol. The first kappa shape index (κ1) is 9.68. The fraction of sp³-hybridized carbons (Fsp3) is 0.222. The largest absolute Gasteiger partial charge is 0.289 e. The Bertz CT molecular complexity index is 301. The van der Waals surface area contributed by atoms with E-state index < -0.39 is 0 Å². The van der Waals surface area contributed by atoms with Crippen molar-refractivity contribution in [2.24, 2.45) is 0 Å². The molecule has 0 aliphatic rings. The first-order valence-corrected chi connectivity index (χ1v) is 5.42. The molecule has 0 N–H and O–H groups in total. The maximum atomic E-state index is 11.4. The van der Waals surface area contributed by atoms with Crippen LogP contribution in [0.15, 0.2) is 27.4 Å². The molecule has 0 radical (unpaired) electrons. The Morgan fingerprint density at radius 3 is 2.92 bits per heavy atom. The normalized spacial score (nSPS) is 10.8. The lowest BCUT2D eigenvalue weighted by atomic mass is 10.2. The van der Waals surface area contributed by atoms with Gasteiger partial charge in [-0.1, -0.05) is 13.0 Å². The summed E-state index contributed by atoms with van der Waals surface area (Å²) in [6, 6.07) is 0. The highest BCUT2D eigenvalue weighted by Gasteiger charge is 2.06. The number of hydrogen-bond acceptors (Lipinski definition) is 2. The minimum absolute atomic E-state index is 0.0741. The summed E-state index contributed by atoms with van der Waals surface area (Å²) in [5.41, 5.74) is 0.754. The van der Waals surface area contributed by atoms with Gasteiger partial charge in [0.1, 0.15) is 0 Å². The fourth-order valence-electron chi connectivity index (χ4n) is 0.772. The van der Waals surface area contributed by atoms with Gasteiger partial charge in [-0.05, 0) is 28.4 Å². The van der Waals surface area contributed by atoms with Gasteiger partial charge in [-0.3, -0.25) is 4.79 Å². The number of ketones is 1. The molecule has 0 amide bonds. The van der Waals surface area contributed by atoms with Gasteiger partial charge in [0.15, 0.2) is 5.78 Å². The lowest BCUT2D eigenvalue weighted by molar-refractivity contribution is 0.104. The molecule has 0 saturated carbocycles. The molecule has 0 aromatic carbocycles. The Kier molecular flexibility index (Phi) is 3.69. The van der Waals surface area contributed by atoms with E-state index in [4.69, 9.17) is 0 Å². The first-order valence-electron chi connectivity index (χ1n) is 3.68. The molecule has 0 unspecified atom stereocenters. The van der Waals surface area contributed by atoms with Gasteiger partial charge in [0.25, 0.3) is 0 Å². The van der Waals surface area contributed by atoms with Gasteiger partial charge in [0, 0.05) is 20.8 Å². The molecular weight excluding hydrogens is 236 g/mol. The fourth-order valence-corrected chi connectivity index (χ4v) is 2.25. The molecule has 64 valence electrons. The zero-order valence-electron chi connectivity index (χ0n) is 6.71. The van der Waals surface area contributed by atoms with Crippen molar-refractivity contribution < 1.29 is 4.79 Å². The second-order valence-electron chi connectivity index (χ2n) is 2.31. The Morgan fingerprint density at radius 1 is 1.67 bits per heavy atom. The van der Waals surface area contributed by atoms with Crippen LogP contribution in [0.25, 0.3) is 0 Å². The molecule has 0 fully saturated rings. The maximum Gasteiger partial charge on any atom is 0.187 e. The number of hydrogen-bond donors (Lipinski definition) is 0. The Balaban J connectivity index is 2.78. The van der Waals surface area contributed by atoms with Gasteiger partial charge in [0.05, 0.1) is 0 Å². The van der Waals surface area contributed by atoms with Crippen LogP contribution in [0.1, 0.15) is 23.7 Å². The summed E-state index contributed by atoms with van der Waals surface area (Å²) in [4.78, 5) is 11.4. The quantitative estimate of drug-likeness (QED) is 0.586. The summed E-state index contributed by atoms with van der Waals surface area (Å²) < 4.78 is 0.887. The number of allylic oxidation sites excluding steroid dienone is 2.